The van der Waals surface area contributed by atoms with Gasteiger partial charge < -0.3 is 10.2 Å². The SMILES string of the molecule is CCC(n1cncn1)C(O)(c1ccc(C)cc1)C(C)(C)C(=O)O. The second-order valence-electron chi connectivity index (χ2n) is 6.36. The number of carboxylic acids is 1. The molecule has 0 aliphatic carbocycles. The summed E-state index contributed by atoms with van der Waals surface area (Å²) in [6.07, 6.45) is 3.39. The molecule has 0 radical (unpaired) electrons. The van der Waals surface area contributed by atoms with Gasteiger partial charge >= 0.3 is 5.97 Å². The Morgan fingerprint density at radius 1 is 1.30 bits per heavy atom. The number of hydrogen-bond donors (Lipinski definition) is 2. The van der Waals surface area contributed by atoms with Gasteiger partial charge in [0, 0.05) is 0 Å². The first-order valence-corrected chi connectivity index (χ1v) is 7.62. The van der Waals surface area contributed by atoms with Crippen LogP contribution in [0, 0.1) is 12.3 Å². The fourth-order valence-electron chi connectivity index (χ4n) is 2.99. The lowest BCUT2D eigenvalue weighted by atomic mass is 9.66. The van der Waals surface area contributed by atoms with Crippen LogP contribution in [-0.4, -0.2) is 30.9 Å². The molecule has 0 amide bonds. The quantitative estimate of drug-likeness (QED) is 0.854. The molecule has 0 aliphatic heterocycles. The molecule has 2 atom stereocenters. The predicted molar refractivity (Wildman–Crippen MR) is 85.8 cm³/mol. The number of aliphatic hydroxyl groups is 1. The number of aryl methyl sites for hydroxylation is 1. The zero-order valence-corrected chi connectivity index (χ0v) is 13.9. The van der Waals surface area contributed by atoms with Crippen molar-refractivity contribution in [2.45, 2.75) is 45.8 Å². The highest BCUT2D eigenvalue weighted by Gasteiger charge is 2.55. The summed E-state index contributed by atoms with van der Waals surface area (Å²) >= 11 is 0. The van der Waals surface area contributed by atoms with Crippen molar-refractivity contribution in [3.05, 3.63) is 48.0 Å². The van der Waals surface area contributed by atoms with E-state index in [-0.39, 0.29) is 0 Å². The van der Waals surface area contributed by atoms with Crippen LogP contribution in [0.1, 0.15) is 44.4 Å². The van der Waals surface area contributed by atoms with Gasteiger partial charge in [-0.05, 0) is 32.8 Å². The Balaban J connectivity index is 2.68. The molecule has 6 heteroatoms. The molecule has 0 saturated carbocycles. The first-order chi connectivity index (χ1) is 10.7. The van der Waals surface area contributed by atoms with Gasteiger partial charge in [0.15, 0.2) is 0 Å². The van der Waals surface area contributed by atoms with E-state index in [0.29, 0.717) is 12.0 Å². The molecule has 1 aromatic carbocycles. The molecule has 2 unspecified atom stereocenters. The minimum absolute atomic E-state index is 0.504. The lowest BCUT2D eigenvalue weighted by Crippen LogP contribution is -2.52. The molecular weight excluding hydrogens is 294 g/mol. The molecule has 6 nitrogen and oxygen atoms in total. The van der Waals surface area contributed by atoms with Crippen LogP contribution in [0.4, 0.5) is 0 Å². The summed E-state index contributed by atoms with van der Waals surface area (Å²) in [6, 6.07) is 6.73. The van der Waals surface area contributed by atoms with Gasteiger partial charge in [-0.2, -0.15) is 5.10 Å². The Hall–Kier alpha value is -2.21. The Morgan fingerprint density at radius 3 is 2.35 bits per heavy atom. The van der Waals surface area contributed by atoms with E-state index in [0.717, 1.165) is 5.56 Å². The summed E-state index contributed by atoms with van der Waals surface area (Å²) in [4.78, 5) is 15.8. The van der Waals surface area contributed by atoms with Gasteiger partial charge in [-0.25, -0.2) is 9.67 Å². The van der Waals surface area contributed by atoms with Gasteiger partial charge in [0.2, 0.25) is 0 Å². The van der Waals surface area contributed by atoms with Crippen LogP contribution in [0.25, 0.3) is 0 Å². The van der Waals surface area contributed by atoms with Crippen LogP contribution in [0.2, 0.25) is 0 Å². The second kappa shape index (κ2) is 6.12. The van der Waals surface area contributed by atoms with Crippen LogP contribution in [-0.2, 0) is 10.4 Å². The molecule has 0 fully saturated rings. The van der Waals surface area contributed by atoms with E-state index >= 15 is 0 Å². The van der Waals surface area contributed by atoms with Gasteiger partial charge in [0.25, 0.3) is 0 Å². The molecule has 2 N–H and O–H groups in total. The summed E-state index contributed by atoms with van der Waals surface area (Å²) in [5.41, 5.74) is -1.47. The highest BCUT2D eigenvalue weighted by atomic mass is 16.4. The third-order valence-corrected chi connectivity index (χ3v) is 4.60. The van der Waals surface area contributed by atoms with E-state index in [9.17, 15) is 15.0 Å². The topological polar surface area (TPSA) is 88.2 Å². The Kier molecular flexibility index (Phi) is 4.56. The molecule has 2 rings (SSSR count). The monoisotopic (exact) mass is 317 g/mol. The molecule has 2 aromatic rings. The van der Waals surface area contributed by atoms with Crippen LogP contribution in [0.3, 0.4) is 0 Å². The predicted octanol–water partition coefficient (Wildman–Crippen LogP) is 2.54. The minimum atomic E-state index is -1.64. The molecule has 0 spiro atoms. The van der Waals surface area contributed by atoms with Crippen molar-refractivity contribution in [3.63, 3.8) is 0 Å². The fraction of sp³-hybridized carbons (Fsp3) is 0.471. The Bertz CT molecular complexity index is 665. The highest BCUT2D eigenvalue weighted by molar-refractivity contribution is 5.76. The third kappa shape index (κ3) is 2.74. The van der Waals surface area contributed by atoms with Crippen molar-refractivity contribution >= 4 is 5.97 Å². The number of nitrogens with zero attached hydrogens (tertiary/aromatic N) is 3. The average molecular weight is 317 g/mol. The van der Waals surface area contributed by atoms with E-state index in [1.165, 1.54) is 31.2 Å². The number of rotatable bonds is 6. The molecule has 0 saturated heterocycles. The van der Waals surface area contributed by atoms with E-state index < -0.39 is 23.0 Å². The van der Waals surface area contributed by atoms with Gasteiger partial charge in [0.05, 0.1) is 11.5 Å². The zero-order chi connectivity index (χ0) is 17.3. The average Bonchev–Trinajstić information content (AvgIpc) is 3.02. The Labute approximate surface area is 135 Å². The number of aliphatic carboxylic acids is 1. The van der Waals surface area contributed by atoms with Crippen molar-refractivity contribution in [1.29, 1.82) is 0 Å². The van der Waals surface area contributed by atoms with E-state index in [4.69, 9.17) is 0 Å². The first-order valence-electron chi connectivity index (χ1n) is 7.62. The maximum atomic E-state index is 11.9. The maximum absolute atomic E-state index is 11.9. The summed E-state index contributed by atoms with van der Waals surface area (Å²) in [5, 5.41) is 25.5. The van der Waals surface area contributed by atoms with E-state index in [1.54, 1.807) is 12.1 Å². The van der Waals surface area contributed by atoms with E-state index in [1.807, 2.05) is 26.0 Å². The molecule has 23 heavy (non-hydrogen) atoms. The summed E-state index contributed by atoms with van der Waals surface area (Å²) in [5.74, 6) is -1.07. The van der Waals surface area contributed by atoms with Crippen LogP contribution < -0.4 is 0 Å². The lowest BCUT2D eigenvalue weighted by molar-refractivity contribution is -0.175. The molecular formula is C17H23N3O3. The normalized spacial score (nSPS) is 15.9. The first kappa shape index (κ1) is 17.1. The van der Waals surface area contributed by atoms with Crippen LogP contribution in [0.15, 0.2) is 36.9 Å². The van der Waals surface area contributed by atoms with Gasteiger partial charge in [0.1, 0.15) is 18.3 Å². The molecule has 1 heterocycles. The molecule has 0 aliphatic rings. The largest absolute Gasteiger partial charge is 0.481 e. The van der Waals surface area contributed by atoms with Crippen molar-refractivity contribution in [2.24, 2.45) is 5.41 Å². The van der Waals surface area contributed by atoms with Crippen molar-refractivity contribution < 1.29 is 15.0 Å². The van der Waals surface area contributed by atoms with Gasteiger partial charge in [-0.3, -0.25) is 4.79 Å². The summed E-state index contributed by atoms with van der Waals surface area (Å²) in [6.45, 7) is 6.91. The van der Waals surface area contributed by atoms with Crippen molar-refractivity contribution in [3.8, 4) is 0 Å². The molecule has 1 aromatic heterocycles. The van der Waals surface area contributed by atoms with Crippen LogP contribution in [0.5, 0.6) is 0 Å². The minimum Gasteiger partial charge on any atom is -0.481 e. The van der Waals surface area contributed by atoms with Gasteiger partial charge in [-0.15, -0.1) is 0 Å². The standard InChI is InChI=1S/C17H23N3O3/c1-5-14(20-11-18-10-19-20)17(23,16(3,4)15(21)22)13-8-6-12(2)7-9-13/h6-11,14,23H,5H2,1-4H3,(H,21,22). The zero-order valence-electron chi connectivity index (χ0n) is 13.9. The maximum Gasteiger partial charge on any atom is 0.312 e. The Morgan fingerprint density at radius 2 is 1.91 bits per heavy atom. The number of aromatic nitrogens is 3. The summed E-state index contributed by atoms with van der Waals surface area (Å²) < 4.78 is 1.53. The number of benzene rings is 1. The molecule has 124 valence electrons. The van der Waals surface area contributed by atoms with Crippen molar-refractivity contribution in [2.75, 3.05) is 0 Å². The number of carboxylic acid groups (broad SMARTS) is 1. The summed E-state index contributed by atoms with van der Waals surface area (Å²) in [7, 11) is 0. The molecule has 0 bridgehead atoms. The highest BCUT2D eigenvalue weighted by Crippen LogP contribution is 2.48. The smallest absolute Gasteiger partial charge is 0.312 e. The third-order valence-electron chi connectivity index (χ3n) is 4.60. The lowest BCUT2D eigenvalue weighted by Gasteiger charge is -2.45. The fourth-order valence-corrected chi connectivity index (χ4v) is 2.99. The van der Waals surface area contributed by atoms with E-state index in [2.05, 4.69) is 10.1 Å². The van der Waals surface area contributed by atoms with Gasteiger partial charge in [-0.1, -0.05) is 36.8 Å². The number of hydrogen-bond acceptors (Lipinski definition) is 4. The van der Waals surface area contributed by atoms with Crippen molar-refractivity contribution in [1.82, 2.24) is 14.8 Å². The van der Waals surface area contributed by atoms with Crippen LogP contribution >= 0.6 is 0 Å². The second-order valence-corrected chi connectivity index (χ2v) is 6.36. The number of carbonyl (C=O) groups is 1.